The molecule has 3 nitrogen and oxygen atoms in total. The molecule has 0 bridgehead atoms. The molecule has 0 spiro atoms. The van der Waals surface area contributed by atoms with E-state index in [0.717, 1.165) is 32.2 Å². The van der Waals surface area contributed by atoms with Crippen molar-refractivity contribution in [3.05, 3.63) is 0 Å². The van der Waals surface area contributed by atoms with Crippen LogP contribution in [0, 0.1) is 5.92 Å². The summed E-state index contributed by atoms with van der Waals surface area (Å²) in [5.74, 6) is 0.452. The lowest BCUT2D eigenvalue weighted by Crippen LogP contribution is -2.46. The highest BCUT2D eigenvalue weighted by Gasteiger charge is 2.40. The lowest BCUT2D eigenvalue weighted by atomic mass is 9.94. The molecule has 80 valence electrons. The van der Waals surface area contributed by atoms with Gasteiger partial charge in [0.15, 0.2) is 0 Å². The van der Waals surface area contributed by atoms with Crippen LogP contribution in [0.15, 0.2) is 0 Å². The van der Waals surface area contributed by atoms with Gasteiger partial charge in [-0.1, -0.05) is 0 Å². The molecule has 3 heteroatoms. The highest BCUT2D eigenvalue weighted by Crippen LogP contribution is 2.34. The molecule has 14 heavy (non-hydrogen) atoms. The third kappa shape index (κ3) is 2.27. The molecular weight excluding hydrogens is 176 g/mol. The number of carbonyl (C=O) groups excluding carboxylic acids is 1. The lowest BCUT2D eigenvalue weighted by Gasteiger charge is -2.27. The largest absolute Gasteiger partial charge is 0.351 e. The Labute approximate surface area is 85.6 Å². The Morgan fingerprint density at radius 3 is 2.64 bits per heavy atom. The number of piperidine rings is 1. The predicted molar refractivity (Wildman–Crippen MR) is 56.0 cm³/mol. The average molecular weight is 196 g/mol. The third-order valence-electron chi connectivity index (χ3n) is 3.46. The number of rotatable bonds is 2. The van der Waals surface area contributed by atoms with Gasteiger partial charge in [0.05, 0.1) is 5.92 Å². The second-order valence-electron chi connectivity index (χ2n) is 5.13. The first kappa shape index (κ1) is 9.97. The molecule has 2 aliphatic rings. The maximum Gasteiger partial charge on any atom is 0.224 e. The third-order valence-corrected chi connectivity index (χ3v) is 3.46. The number of amides is 1. The second-order valence-corrected chi connectivity index (χ2v) is 5.13. The van der Waals surface area contributed by atoms with Gasteiger partial charge in [-0.05, 0) is 39.5 Å². The number of nitrogens with one attached hydrogen (secondary N) is 2. The number of hydrogen-bond donors (Lipinski definition) is 2. The van der Waals surface area contributed by atoms with Gasteiger partial charge in [-0.2, -0.15) is 0 Å². The molecule has 1 amide bonds. The molecule has 0 aromatic heterocycles. The van der Waals surface area contributed by atoms with Crippen molar-refractivity contribution in [1.29, 1.82) is 0 Å². The van der Waals surface area contributed by atoms with E-state index in [0.29, 0.717) is 6.04 Å². The van der Waals surface area contributed by atoms with Gasteiger partial charge < -0.3 is 10.6 Å². The van der Waals surface area contributed by atoms with Crippen LogP contribution in [0.25, 0.3) is 0 Å². The molecule has 0 aromatic rings. The fourth-order valence-electron chi connectivity index (χ4n) is 1.93. The topological polar surface area (TPSA) is 41.1 Å². The van der Waals surface area contributed by atoms with Crippen molar-refractivity contribution in [3.63, 3.8) is 0 Å². The van der Waals surface area contributed by atoms with Crippen molar-refractivity contribution >= 4 is 5.91 Å². The van der Waals surface area contributed by atoms with Gasteiger partial charge in [-0.15, -0.1) is 0 Å². The first-order chi connectivity index (χ1) is 6.59. The van der Waals surface area contributed by atoms with Crippen LogP contribution in [0.5, 0.6) is 0 Å². The van der Waals surface area contributed by atoms with Crippen molar-refractivity contribution in [2.75, 3.05) is 6.54 Å². The molecule has 0 aromatic carbocycles. The standard InChI is InChI=1S/C11H20N2O/c1-8-3-4-9(7-12-8)10(14)13-11(2)5-6-11/h8-9,12H,3-7H2,1-2H3,(H,13,14). The molecule has 1 aliphatic heterocycles. The van der Waals surface area contributed by atoms with Gasteiger partial charge in [0, 0.05) is 18.1 Å². The van der Waals surface area contributed by atoms with E-state index >= 15 is 0 Å². The maximum absolute atomic E-state index is 11.8. The summed E-state index contributed by atoms with van der Waals surface area (Å²) >= 11 is 0. The summed E-state index contributed by atoms with van der Waals surface area (Å²) < 4.78 is 0. The maximum atomic E-state index is 11.8. The van der Waals surface area contributed by atoms with E-state index in [1.165, 1.54) is 0 Å². The minimum atomic E-state index is 0.139. The average Bonchev–Trinajstić information content (AvgIpc) is 2.84. The van der Waals surface area contributed by atoms with E-state index < -0.39 is 0 Å². The molecule has 2 atom stereocenters. The molecule has 1 saturated heterocycles. The number of hydrogen-bond acceptors (Lipinski definition) is 2. The van der Waals surface area contributed by atoms with Crippen LogP contribution in [0.1, 0.15) is 39.5 Å². The van der Waals surface area contributed by atoms with Crippen molar-refractivity contribution in [2.45, 2.75) is 51.1 Å². The zero-order chi connectivity index (χ0) is 10.2. The van der Waals surface area contributed by atoms with Gasteiger partial charge in [-0.25, -0.2) is 0 Å². The van der Waals surface area contributed by atoms with Gasteiger partial charge in [-0.3, -0.25) is 4.79 Å². The SMILES string of the molecule is CC1CCC(C(=O)NC2(C)CC2)CN1. The second kappa shape index (κ2) is 3.54. The minimum Gasteiger partial charge on any atom is -0.351 e. The van der Waals surface area contributed by atoms with Gasteiger partial charge in [0.2, 0.25) is 5.91 Å². The van der Waals surface area contributed by atoms with Gasteiger partial charge in [0.1, 0.15) is 0 Å². The Hall–Kier alpha value is -0.570. The smallest absolute Gasteiger partial charge is 0.224 e. The summed E-state index contributed by atoms with van der Waals surface area (Å²) in [7, 11) is 0. The van der Waals surface area contributed by atoms with Crippen LogP contribution >= 0.6 is 0 Å². The lowest BCUT2D eigenvalue weighted by molar-refractivity contribution is -0.126. The summed E-state index contributed by atoms with van der Waals surface area (Å²) in [5, 5.41) is 6.49. The van der Waals surface area contributed by atoms with Crippen LogP contribution in [0.2, 0.25) is 0 Å². The monoisotopic (exact) mass is 196 g/mol. The molecule has 1 aliphatic carbocycles. The van der Waals surface area contributed by atoms with Crippen LogP contribution in [0.4, 0.5) is 0 Å². The Kier molecular flexibility index (Phi) is 2.52. The van der Waals surface area contributed by atoms with Crippen LogP contribution in [-0.4, -0.2) is 24.0 Å². The molecule has 0 radical (unpaired) electrons. The Bertz CT molecular complexity index is 227. The molecule has 1 saturated carbocycles. The summed E-state index contributed by atoms with van der Waals surface area (Å²) in [6.07, 6.45) is 4.45. The highest BCUT2D eigenvalue weighted by atomic mass is 16.2. The zero-order valence-corrected chi connectivity index (χ0v) is 9.10. The van der Waals surface area contributed by atoms with Crippen molar-refractivity contribution in [2.24, 2.45) is 5.92 Å². The fraction of sp³-hybridized carbons (Fsp3) is 0.909. The highest BCUT2D eigenvalue weighted by molar-refractivity contribution is 5.80. The first-order valence-corrected chi connectivity index (χ1v) is 5.64. The Morgan fingerprint density at radius 2 is 2.14 bits per heavy atom. The van der Waals surface area contributed by atoms with Gasteiger partial charge >= 0.3 is 0 Å². The van der Waals surface area contributed by atoms with Crippen molar-refractivity contribution in [3.8, 4) is 0 Å². The quantitative estimate of drug-likeness (QED) is 0.693. The van der Waals surface area contributed by atoms with Crippen molar-refractivity contribution in [1.82, 2.24) is 10.6 Å². The van der Waals surface area contributed by atoms with Crippen LogP contribution in [-0.2, 0) is 4.79 Å². The zero-order valence-electron chi connectivity index (χ0n) is 9.10. The molecule has 2 rings (SSSR count). The summed E-state index contributed by atoms with van der Waals surface area (Å²) in [6.45, 7) is 5.16. The Morgan fingerprint density at radius 1 is 1.43 bits per heavy atom. The van der Waals surface area contributed by atoms with Crippen LogP contribution < -0.4 is 10.6 Å². The van der Waals surface area contributed by atoms with E-state index in [-0.39, 0.29) is 17.4 Å². The molecule has 2 unspecified atom stereocenters. The molecule has 2 fully saturated rings. The van der Waals surface area contributed by atoms with E-state index in [1.54, 1.807) is 0 Å². The van der Waals surface area contributed by atoms with E-state index in [9.17, 15) is 4.79 Å². The van der Waals surface area contributed by atoms with Crippen molar-refractivity contribution < 1.29 is 4.79 Å². The fourth-order valence-corrected chi connectivity index (χ4v) is 1.93. The summed E-state index contributed by atoms with van der Waals surface area (Å²) in [5.41, 5.74) is 0.139. The van der Waals surface area contributed by atoms with E-state index in [2.05, 4.69) is 24.5 Å². The molecular formula is C11H20N2O. The first-order valence-electron chi connectivity index (χ1n) is 5.64. The molecule has 1 heterocycles. The summed E-state index contributed by atoms with van der Waals surface area (Å²) in [6, 6.07) is 0.579. The Balaban J connectivity index is 1.80. The van der Waals surface area contributed by atoms with Gasteiger partial charge in [0.25, 0.3) is 0 Å². The van der Waals surface area contributed by atoms with E-state index in [4.69, 9.17) is 0 Å². The van der Waals surface area contributed by atoms with E-state index in [1.807, 2.05) is 0 Å². The normalized spacial score (nSPS) is 35.0. The number of carbonyl (C=O) groups is 1. The summed E-state index contributed by atoms with van der Waals surface area (Å²) in [4.78, 5) is 11.8. The van der Waals surface area contributed by atoms with Crippen LogP contribution in [0.3, 0.4) is 0 Å². The predicted octanol–water partition coefficient (Wildman–Crippen LogP) is 1.04. The minimum absolute atomic E-state index is 0.139. The molecule has 2 N–H and O–H groups in total.